The third-order valence-corrected chi connectivity index (χ3v) is 4.21. The van der Waals surface area contributed by atoms with Gasteiger partial charge in [-0.3, -0.25) is 14.9 Å². The standard InChI is InChI=1S/C23H14N2O4/c1-2-12-29-22-11-10-16-6-3-4-9-20(16)21(22)14-18(15-24)23(26)17-7-5-8-19(13-17)25(27)28/h1,3-11,13-14H,12H2/b18-14+. The topological polar surface area (TPSA) is 93.2 Å². The van der Waals surface area contributed by atoms with Crippen LogP contribution < -0.4 is 4.74 Å². The molecule has 0 aromatic heterocycles. The minimum atomic E-state index is -0.618. The fourth-order valence-electron chi connectivity index (χ4n) is 2.88. The van der Waals surface area contributed by atoms with Crippen LogP contribution in [0.2, 0.25) is 0 Å². The number of ether oxygens (including phenoxy) is 1. The summed E-state index contributed by atoms with van der Waals surface area (Å²) in [5.74, 6) is 2.20. The third kappa shape index (κ3) is 4.13. The molecule has 6 nitrogen and oxygen atoms in total. The van der Waals surface area contributed by atoms with Crippen molar-refractivity contribution < 1.29 is 14.5 Å². The Morgan fingerprint density at radius 2 is 1.97 bits per heavy atom. The third-order valence-electron chi connectivity index (χ3n) is 4.21. The zero-order chi connectivity index (χ0) is 20.8. The van der Waals surface area contributed by atoms with Gasteiger partial charge in [-0.15, -0.1) is 6.42 Å². The van der Waals surface area contributed by atoms with E-state index in [1.165, 1.54) is 24.3 Å². The summed E-state index contributed by atoms with van der Waals surface area (Å²) in [7, 11) is 0. The molecule has 3 aromatic carbocycles. The highest BCUT2D eigenvalue weighted by Gasteiger charge is 2.17. The normalized spacial score (nSPS) is 10.8. The SMILES string of the molecule is C#CCOc1ccc2ccccc2c1/C=C(\C#N)C(=O)c1cccc([N+](=O)[O-])c1. The zero-order valence-corrected chi connectivity index (χ0v) is 15.2. The fraction of sp³-hybridized carbons (Fsp3) is 0.0435. The average Bonchev–Trinajstić information content (AvgIpc) is 2.76. The molecule has 0 aliphatic heterocycles. The second-order valence-corrected chi connectivity index (χ2v) is 6.00. The Morgan fingerprint density at radius 3 is 2.69 bits per heavy atom. The van der Waals surface area contributed by atoms with E-state index < -0.39 is 10.7 Å². The summed E-state index contributed by atoms with van der Waals surface area (Å²) in [6.07, 6.45) is 6.70. The van der Waals surface area contributed by atoms with Crippen LogP contribution in [0.5, 0.6) is 5.75 Å². The summed E-state index contributed by atoms with van der Waals surface area (Å²) in [6.45, 7) is 0.0277. The zero-order valence-electron chi connectivity index (χ0n) is 15.2. The second kappa shape index (κ2) is 8.51. The lowest BCUT2D eigenvalue weighted by atomic mass is 9.98. The van der Waals surface area contributed by atoms with Gasteiger partial charge in [-0.2, -0.15) is 5.26 Å². The quantitative estimate of drug-likeness (QED) is 0.156. The molecule has 3 aromatic rings. The van der Waals surface area contributed by atoms with E-state index >= 15 is 0 Å². The molecule has 0 atom stereocenters. The van der Waals surface area contributed by atoms with Crippen LogP contribution in [-0.2, 0) is 0 Å². The molecule has 0 fully saturated rings. The number of non-ortho nitro benzene ring substituents is 1. The molecule has 0 amide bonds. The van der Waals surface area contributed by atoms with Crippen molar-refractivity contribution in [2.45, 2.75) is 0 Å². The number of hydrogen-bond donors (Lipinski definition) is 0. The van der Waals surface area contributed by atoms with Gasteiger partial charge in [-0.1, -0.05) is 48.4 Å². The average molecular weight is 382 g/mol. The maximum Gasteiger partial charge on any atom is 0.270 e. The van der Waals surface area contributed by atoms with Gasteiger partial charge >= 0.3 is 0 Å². The Balaban J connectivity index is 2.14. The second-order valence-electron chi connectivity index (χ2n) is 6.00. The number of nitrogens with zero attached hydrogens (tertiary/aromatic N) is 2. The maximum atomic E-state index is 12.8. The van der Waals surface area contributed by atoms with Gasteiger partial charge in [0.05, 0.1) is 4.92 Å². The molecule has 0 bridgehead atoms. The van der Waals surface area contributed by atoms with Crippen molar-refractivity contribution in [2.75, 3.05) is 6.61 Å². The Bertz CT molecular complexity index is 1230. The number of Topliss-reactive ketones (excluding diaryl/α,β-unsaturated/α-hetero) is 1. The number of carbonyl (C=O) groups is 1. The molecule has 0 N–H and O–H groups in total. The van der Waals surface area contributed by atoms with Crippen molar-refractivity contribution in [3.05, 3.63) is 87.5 Å². The monoisotopic (exact) mass is 382 g/mol. The molecule has 0 radical (unpaired) electrons. The van der Waals surface area contributed by atoms with Crippen molar-refractivity contribution in [1.82, 2.24) is 0 Å². The summed E-state index contributed by atoms with van der Waals surface area (Å²) in [5, 5.41) is 22.2. The number of nitro benzene ring substituents is 1. The molecule has 0 saturated heterocycles. The summed E-state index contributed by atoms with van der Waals surface area (Å²) < 4.78 is 5.59. The van der Waals surface area contributed by atoms with Crippen LogP contribution in [0.25, 0.3) is 16.8 Å². The Morgan fingerprint density at radius 1 is 1.17 bits per heavy atom. The van der Waals surface area contributed by atoms with Crippen LogP contribution in [-0.4, -0.2) is 17.3 Å². The predicted molar refractivity (Wildman–Crippen MR) is 109 cm³/mol. The van der Waals surface area contributed by atoms with Crippen molar-refractivity contribution >= 4 is 28.3 Å². The number of nitro groups is 1. The minimum Gasteiger partial charge on any atom is -0.480 e. The van der Waals surface area contributed by atoms with E-state index in [0.29, 0.717) is 11.3 Å². The van der Waals surface area contributed by atoms with Gasteiger partial charge < -0.3 is 4.74 Å². The van der Waals surface area contributed by atoms with Gasteiger partial charge in [-0.25, -0.2) is 0 Å². The smallest absolute Gasteiger partial charge is 0.270 e. The van der Waals surface area contributed by atoms with E-state index in [2.05, 4.69) is 5.92 Å². The molecule has 0 saturated carbocycles. The molecule has 0 aliphatic carbocycles. The lowest BCUT2D eigenvalue weighted by Gasteiger charge is -2.11. The number of fused-ring (bicyclic) bond motifs is 1. The molecule has 3 rings (SSSR count). The highest BCUT2D eigenvalue weighted by molar-refractivity contribution is 6.15. The van der Waals surface area contributed by atoms with Crippen LogP contribution in [0, 0.1) is 33.8 Å². The number of allylic oxidation sites excluding steroid dienone is 1. The van der Waals surface area contributed by atoms with E-state index in [1.54, 1.807) is 6.07 Å². The molecular weight excluding hydrogens is 368 g/mol. The molecule has 6 heteroatoms. The molecule has 0 aliphatic rings. The van der Waals surface area contributed by atoms with Crippen molar-refractivity contribution in [2.24, 2.45) is 0 Å². The lowest BCUT2D eigenvalue weighted by molar-refractivity contribution is -0.384. The van der Waals surface area contributed by atoms with E-state index in [9.17, 15) is 20.2 Å². The first-order valence-corrected chi connectivity index (χ1v) is 8.54. The first-order chi connectivity index (χ1) is 14.0. The van der Waals surface area contributed by atoms with Gasteiger partial charge in [-0.05, 0) is 22.9 Å². The minimum absolute atomic E-state index is 0.0277. The van der Waals surface area contributed by atoms with Gasteiger partial charge in [0.1, 0.15) is 24.0 Å². The van der Waals surface area contributed by atoms with E-state index in [-0.39, 0.29) is 23.4 Å². The van der Waals surface area contributed by atoms with Crippen molar-refractivity contribution in [3.63, 3.8) is 0 Å². The first kappa shape index (κ1) is 19.3. The van der Waals surface area contributed by atoms with E-state index in [4.69, 9.17) is 11.2 Å². The maximum absolute atomic E-state index is 12.8. The number of carbonyl (C=O) groups excluding carboxylic acids is 1. The highest BCUT2D eigenvalue weighted by Crippen LogP contribution is 2.31. The predicted octanol–water partition coefficient (Wildman–Crippen LogP) is 4.55. The summed E-state index contributed by atoms with van der Waals surface area (Å²) in [6, 6.07) is 18.2. The number of benzene rings is 3. The highest BCUT2D eigenvalue weighted by atomic mass is 16.6. The van der Waals surface area contributed by atoms with Crippen LogP contribution in [0.3, 0.4) is 0 Å². The summed E-state index contributed by atoms with van der Waals surface area (Å²) >= 11 is 0. The number of nitriles is 1. The molecule has 0 unspecified atom stereocenters. The summed E-state index contributed by atoms with van der Waals surface area (Å²) in [5.41, 5.74) is 0.191. The van der Waals surface area contributed by atoms with Crippen molar-refractivity contribution in [3.8, 4) is 24.2 Å². The molecular formula is C23H14N2O4. The van der Waals surface area contributed by atoms with Crippen LogP contribution in [0.1, 0.15) is 15.9 Å². The number of terminal acetylenes is 1. The number of rotatable bonds is 6. The summed E-state index contributed by atoms with van der Waals surface area (Å²) in [4.78, 5) is 23.2. The molecule has 29 heavy (non-hydrogen) atoms. The number of ketones is 1. The largest absolute Gasteiger partial charge is 0.480 e. The Kier molecular flexibility index (Phi) is 5.68. The van der Waals surface area contributed by atoms with E-state index in [1.807, 2.05) is 36.4 Å². The van der Waals surface area contributed by atoms with Crippen LogP contribution >= 0.6 is 0 Å². The number of hydrogen-bond acceptors (Lipinski definition) is 5. The molecule has 0 heterocycles. The fourth-order valence-corrected chi connectivity index (χ4v) is 2.88. The van der Waals surface area contributed by atoms with E-state index in [0.717, 1.165) is 16.8 Å². The van der Waals surface area contributed by atoms with Crippen LogP contribution in [0.4, 0.5) is 5.69 Å². The molecule has 140 valence electrons. The van der Waals surface area contributed by atoms with Gasteiger partial charge in [0.25, 0.3) is 5.69 Å². The Hall–Kier alpha value is -4.42. The molecule has 0 spiro atoms. The van der Waals surface area contributed by atoms with Gasteiger partial charge in [0.15, 0.2) is 0 Å². The first-order valence-electron chi connectivity index (χ1n) is 8.54. The van der Waals surface area contributed by atoms with Gasteiger partial charge in [0, 0.05) is 23.3 Å². The van der Waals surface area contributed by atoms with Crippen molar-refractivity contribution in [1.29, 1.82) is 5.26 Å². The van der Waals surface area contributed by atoms with Crippen LogP contribution in [0.15, 0.2) is 66.2 Å². The Labute approximate surface area is 166 Å². The lowest BCUT2D eigenvalue weighted by Crippen LogP contribution is -2.03. The van der Waals surface area contributed by atoms with Gasteiger partial charge in [0.2, 0.25) is 5.78 Å².